The lowest BCUT2D eigenvalue weighted by molar-refractivity contribution is 0.277. The third-order valence-corrected chi connectivity index (χ3v) is 1.65. The van der Waals surface area contributed by atoms with Gasteiger partial charge in [-0.05, 0) is 5.41 Å². The lowest BCUT2D eigenvalue weighted by Crippen LogP contribution is -2.26. The highest BCUT2D eigenvalue weighted by Crippen LogP contribution is 2.28. The van der Waals surface area contributed by atoms with Gasteiger partial charge in [0, 0.05) is 0 Å². The lowest BCUT2D eigenvalue weighted by Gasteiger charge is -2.23. The minimum Gasteiger partial charge on any atom is -0.447 e. The van der Waals surface area contributed by atoms with Crippen LogP contribution in [0.5, 0.6) is 0 Å². The van der Waals surface area contributed by atoms with Crippen LogP contribution >= 0.6 is 0 Å². The number of nitrogens with zero attached hydrogens (tertiary/aromatic N) is 1. The summed E-state index contributed by atoms with van der Waals surface area (Å²) in [5.74, 6) is 0.609. The van der Waals surface area contributed by atoms with Gasteiger partial charge in [-0.15, -0.1) is 0 Å². The van der Waals surface area contributed by atoms with Gasteiger partial charge in [-0.1, -0.05) is 20.8 Å². The van der Waals surface area contributed by atoms with E-state index in [0.29, 0.717) is 5.89 Å². The summed E-state index contributed by atoms with van der Waals surface area (Å²) in [4.78, 5) is 3.99. The lowest BCUT2D eigenvalue weighted by atomic mass is 9.87. The fourth-order valence-corrected chi connectivity index (χ4v) is 0.758. The normalized spacial score (nSPS) is 14.9. The van der Waals surface area contributed by atoms with E-state index in [0.717, 1.165) is 0 Å². The molecule has 0 saturated heterocycles. The zero-order chi connectivity index (χ0) is 8.48. The molecule has 62 valence electrons. The first-order chi connectivity index (χ1) is 5.02. The molecule has 11 heavy (non-hydrogen) atoms. The van der Waals surface area contributed by atoms with Crippen molar-refractivity contribution in [3.63, 3.8) is 0 Å². The Morgan fingerprint density at radius 2 is 2.18 bits per heavy atom. The molecular formula is C8H14N2O. The predicted molar refractivity (Wildman–Crippen MR) is 42.9 cm³/mol. The Hall–Kier alpha value is -0.830. The van der Waals surface area contributed by atoms with Crippen molar-refractivity contribution in [3.05, 3.63) is 18.4 Å². The van der Waals surface area contributed by atoms with Gasteiger partial charge in [0.15, 0.2) is 0 Å². The molecule has 1 aromatic heterocycles. The van der Waals surface area contributed by atoms with E-state index in [1.807, 2.05) is 0 Å². The zero-order valence-electron chi connectivity index (χ0n) is 7.16. The molecule has 1 rings (SSSR count). The first kappa shape index (κ1) is 8.27. The van der Waals surface area contributed by atoms with E-state index in [1.165, 1.54) is 0 Å². The standard InChI is InChI=1S/C8H14N2O/c1-8(2,3)6(9)7-10-4-5-11-7/h4-6H,9H2,1-3H3. The number of hydrogen-bond donors (Lipinski definition) is 1. The van der Waals surface area contributed by atoms with Crippen LogP contribution in [0.2, 0.25) is 0 Å². The Labute approximate surface area is 66.6 Å². The first-order valence-corrected chi connectivity index (χ1v) is 3.67. The van der Waals surface area contributed by atoms with Crippen molar-refractivity contribution < 1.29 is 4.42 Å². The van der Waals surface area contributed by atoms with Crippen LogP contribution in [0.3, 0.4) is 0 Å². The Morgan fingerprint density at radius 3 is 2.55 bits per heavy atom. The smallest absolute Gasteiger partial charge is 0.211 e. The Bertz CT molecular complexity index is 210. The van der Waals surface area contributed by atoms with Crippen molar-refractivity contribution >= 4 is 0 Å². The second-order valence-electron chi connectivity index (χ2n) is 3.71. The van der Waals surface area contributed by atoms with Gasteiger partial charge in [-0.25, -0.2) is 4.98 Å². The molecule has 0 aliphatic rings. The summed E-state index contributed by atoms with van der Waals surface area (Å²) < 4.78 is 5.09. The van der Waals surface area contributed by atoms with E-state index in [-0.39, 0.29) is 11.5 Å². The Kier molecular flexibility index (Phi) is 2.00. The van der Waals surface area contributed by atoms with Crippen molar-refractivity contribution in [1.82, 2.24) is 4.98 Å². The van der Waals surface area contributed by atoms with Crippen LogP contribution in [0, 0.1) is 5.41 Å². The van der Waals surface area contributed by atoms with Crippen LogP contribution < -0.4 is 5.73 Å². The molecule has 0 saturated carbocycles. The minimum atomic E-state index is -0.127. The molecule has 0 bridgehead atoms. The third kappa shape index (κ3) is 1.80. The number of rotatable bonds is 1. The van der Waals surface area contributed by atoms with Crippen molar-refractivity contribution in [2.24, 2.45) is 11.1 Å². The number of aromatic nitrogens is 1. The highest BCUT2D eigenvalue weighted by Gasteiger charge is 2.25. The fourth-order valence-electron chi connectivity index (χ4n) is 0.758. The van der Waals surface area contributed by atoms with Gasteiger partial charge in [0.2, 0.25) is 5.89 Å². The molecule has 0 spiro atoms. The number of hydrogen-bond acceptors (Lipinski definition) is 3. The summed E-state index contributed by atoms with van der Waals surface area (Å²) in [7, 11) is 0. The summed E-state index contributed by atoms with van der Waals surface area (Å²) in [6.07, 6.45) is 3.15. The fraction of sp³-hybridized carbons (Fsp3) is 0.625. The SMILES string of the molecule is CC(C)(C)C(N)c1ncco1. The van der Waals surface area contributed by atoms with Gasteiger partial charge in [0.05, 0.1) is 12.2 Å². The largest absolute Gasteiger partial charge is 0.447 e. The zero-order valence-corrected chi connectivity index (χ0v) is 7.16. The molecule has 0 radical (unpaired) electrons. The molecule has 0 aromatic carbocycles. The van der Waals surface area contributed by atoms with E-state index >= 15 is 0 Å². The maximum absolute atomic E-state index is 5.86. The van der Waals surface area contributed by atoms with E-state index in [1.54, 1.807) is 12.5 Å². The van der Waals surface area contributed by atoms with Crippen molar-refractivity contribution in [3.8, 4) is 0 Å². The van der Waals surface area contributed by atoms with E-state index in [2.05, 4.69) is 25.8 Å². The topological polar surface area (TPSA) is 52.0 Å². The highest BCUT2D eigenvalue weighted by atomic mass is 16.3. The van der Waals surface area contributed by atoms with Gasteiger partial charge in [-0.2, -0.15) is 0 Å². The molecule has 1 unspecified atom stereocenters. The number of oxazole rings is 1. The summed E-state index contributed by atoms with van der Waals surface area (Å²) >= 11 is 0. The Morgan fingerprint density at radius 1 is 1.55 bits per heavy atom. The second kappa shape index (κ2) is 2.66. The van der Waals surface area contributed by atoms with Gasteiger partial charge in [0.1, 0.15) is 6.26 Å². The number of nitrogens with two attached hydrogens (primary N) is 1. The molecule has 1 aromatic rings. The van der Waals surface area contributed by atoms with E-state index in [9.17, 15) is 0 Å². The summed E-state index contributed by atoms with van der Waals surface area (Å²) in [5.41, 5.74) is 5.87. The summed E-state index contributed by atoms with van der Waals surface area (Å²) in [6, 6.07) is -0.127. The van der Waals surface area contributed by atoms with Crippen LogP contribution in [0.25, 0.3) is 0 Å². The van der Waals surface area contributed by atoms with Crippen LogP contribution in [0.4, 0.5) is 0 Å². The van der Waals surface area contributed by atoms with Crippen LogP contribution in [-0.4, -0.2) is 4.98 Å². The third-order valence-electron chi connectivity index (χ3n) is 1.65. The van der Waals surface area contributed by atoms with Crippen LogP contribution in [0.15, 0.2) is 16.9 Å². The Balaban J connectivity index is 2.78. The summed E-state index contributed by atoms with van der Waals surface area (Å²) in [5, 5.41) is 0. The molecule has 1 heterocycles. The molecular weight excluding hydrogens is 140 g/mol. The maximum atomic E-state index is 5.86. The average Bonchev–Trinajstić information content (AvgIpc) is 2.34. The quantitative estimate of drug-likeness (QED) is 0.670. The van der Waals surface area contributed by atoms with E-state index in [4.69, 9.17) is 10.2 Å². The van der Waals surface area contributed by atoms with Gasteiger partial charge < -0.3 is 10.2 Å². The summed E-state index contributed by atoms with van der Waals surface area (Å²) in [6.45, 7) is 6.17. The monoisotopic (exact) mass is 154 g/mol. The molecule has 0 amide bonds. The van der Waals surface area contributed by atoms with Crippen molar-refractivity contribution in [2.75, 3.05) is 0 Å². The minimum absolute atomic E-state index is 0.00481. The van der Waals surface area contributed by atoms with E-state index < -0.39 is 0 Å². The molecule has 2 N–H and O–H groups in total. The molecule has 1 atom stereocenters. The average molecular weight is 154 g/mol. The van der Waals surface area contributed by atoms with Crippen molar-refractivity contribution in [1.29, 1.82) is 0 Å². The molecule has 0 aliphatic carbocycles. The second-order valence-corrected chi connectivity index (χ2v) is 3.71. The van der Waals surface area contributed by atoms with Gasteiger partial charge in [0.25, 0.3) is 0 Å². The highest BCUT2D eigenvalue weighted by molar-refractivity contribution is 4.94. The van der Waals surface area contributed by atoms with Gasteiger partial charge in [-0.3, -0.25) is 0 Å². The van der Waals surface area contributed by atoms with Gasteiger partial charge >= 0.3 is 0 Å². The molecule has 0 fully saturated rings. The van der Waals surface area contributed by atoms with Crippen molar-refractivity contribution in [2.45, 2.75) is 26.8 Å². The van der Waals surface area contributed by atoms with Crippen LogP contribution in [0.1, 0.15) is 32.7 Å². The first-order valence-electron chi connectivity index (χ1n) is 3.67. The molecule has 0 aliphatic heterocycles. The predicted octanol–water partition coefficient (Wildman–Crippen LogP) is 1.72. The van der Waals surface area contributed by atoms with Crippen LogP contribution in [-0.2, 0) is 0 Å². The molecule has 3 heteroatoms. The molecule has 3 nitrogen and oxygen atoms in total. The maximum Gasteiger partial charge on any atom is 0.211 e.